The van der Waals surface area contributed by atoms with Gasteiger partial charge in [-0.25, -0.2) is 0 Å². The van der Waals surface area contributed by atoms with Gasteiger partial charge in [-0.15, -0.1) is 0 Å². The van der Waals surface area contributed by atoms with Crippen molar-refractivity contribution in [2.75, 3.05) is 6.54 Å². The van der Waals surface area contributed by atoms with Crippen LogP contribution in [0.2, 0.25) is 0 Å². The van der Waals surface area contributed by atoms with Crippen molar-refractivity contribution in [2.24, 2.45) is 23.7 Å². The predicted molar refractivity (Wildman–Crippen MR) is 73.7 cm³/mol. The Balaban J connectivity index is 1.60. The molecule has 4 fully saturated rings. The molecule has 4 aliphatic rings. The summed E-state index contributed by atoms with van der Waals surface area (Å²) in [7, 11) is 0. The summed E-state index contributed by atoms with van der Waals surface area (Å²) in [4.78, 5) is 0. The van der Waals surface area contributed by atoms with E-state index in [0.29, 0.717) is 5.92 Å². The molecule has 3 heteroatoms. The largest absolute Gasteiger partial charge is 0.361 e. The first-order valence-corrected chi connectivity index (χ1v) is 7.99. The fourth-order valence-electron chi connectivity index (χ4n) is 5.29. The normalized spacial score (nSPS) is 39.9. The molecule has 104 valence electrons. The van der Waals surface area contributed by atoms with Gasteiger partial charge in [-0.2, -0.15) is 0 Å². The van der Waals surface area contributed by atoms with Crippen molar-refractivity contribution in [2.45, 2.75) is 51.5 Å². The Kier molecular flexibility index (Phi) is 2.91. The topological polar surface area (TPSA) is 38.1 Å². The zero-order valence-electron chi connectivity index (χ0n) is 11.8. The first-order valence-electron chi connectivity index (χ1n) is 7.99. The maximum Gasteiger partial charge on any atom is 0.144 e. The first kappa shape index (κ1) is 12.0. The van der Waals surface area contributed by atoms with Crippen molar-refractivity contribution >= 4 is 0 Å². The second-order valence-corrected chi connectivity index (χ2v) is 6.95. The van der Waals surface area contributed by atoms with Gasteiger partial charge in [0.25, 0.3) is 0 Å². The van der Waals surface area contributed by atoms with Crippen LogP contribution in [0.15, 0.2) is 10.7 Å². The summed E-state index contributed by atoms with van der Waals surface area (Å²) in [5, 5.41) is 7.51. The molecule has 0 spiro atoms. The van der Waals surface area contributed by atoms with Gasteiger partial charge in [-0.1, -0.05) is 12.1 Å². The molecule has 4 aliphatic carbocycles. The van der Waals surface area contributed by atoms with Crippen LogP contribution in [0.1, 0.15) is 56.3 Å². The average Bonchev–Trinajstić information content (AvgIpc) is 2.83. The Hall–Kier alpha value is -0.830. The van der Waals surface area contributed by atoms with Gasteiger partial charge in [0.15, 0.2) is 0 Å². The molecule has 0 amide bonds. The van der Waals surface area contributed by atoms with Crippen LogP contribution in [-0.4, -0.2) is 11.7 Å². The van der Waals surface area contributed by atoms with Crippen LogP contribution in [0.4, 0.5) is 0 Å². The van der Waals surface area contributed by atoms with Crippen LogP contribution in [0.25, 0.3) is 0 Å². The van der Waals surface area contributed by atoms with Crippen molar-refractivity contribution in [3.8, 4) is 0 Å². The Labute approximate surface area is 115 Å². The third kappa shape index (κ3) is 1.94. The lowest BCUT2D eigenvalue weighted by Gasteiger charge is -2.53. The minimum atomic E-state index is 0.670. The highest BCUT2D eigenvalue weighted by molar-refractivity contribution is 5.22. The molecule has 0 aliphatic heterocycles. The SMILES string of the molecule is CCNCc1cnoc1C1C2CC3CC(C2)CC1C3. The molecule has 0 saturated heterocycles. The second kappa shape index (κ2) is 4.62. The van der Waals surface area contributed by atoms with E-state index in [0.717, 1.165) is 36.8 Å². The van der Waals surface area contributed by atoms with Gasteiger partial charge in [0, 0.05) is 18.0 Å². The highest BCUT2D eigenvalue weighted by atomic mass is 16.5. The van der Waals surface area contributed by atoms with E-state index < -0.39 is 0 Å². The summed E-state index contributed by atoms with van der Waals surface area (Å²) in [6, 6.07) is 0. The van der Waals surface area contributed by atoms with Crippen LogP contribution < -0.4 is 5.32 Å². The summed E-state index contributed by atoms with van der Waals surface area (Å²) in [5.41, 5.74) is 1.30. The lowest BCUT2D eigenvalue weighted by atomic mass is 9.51. The minimum absolute atomic E-state index is 0.670. The van der Waals surface area contributed by atoms with Crippen molar-refractivity contribution < 1.29 is 4.52 Å². The Morgan fingerprint density at radius 2 is 1.84 bits per heavy atom. The second-order valence-electron chi connectivity index (χ2n) is 6.95. The highest BCUT2D eigenvalue weighted by Gasteiger charge is 2.50. The quantitative estimate of drug-likeness (QED) is 0.902. The van der Waals surface area contributed by atoms with Crippen LogP contribution in [0.3, 0.4) is 0 Å². The van der Waals surface area contributed by atoms with E-state index in [4.69, 9.17) is 4.52 Å². The molecule has 1 heterocycles. The van der Waals surface area contributed by atoms with Gasteiger partial charge >= 0.3 is 0 Å². The molecule has 4 bridgehead atoms. The van der Waals surface area contributed by atoms with Gasteiger partial charge < -0.3 is 9.84 Å². The molecule has 19 heavy (non-hydrogen) atoms. The fraction of sp³-hybridized carbons (Fsp3) is 0.812. The summed E-state index contributed by atoms with van der Waals surface area (Å²) < 4.78 is 5.70. The molecule has 1 N–H and O–H groups in total. The Bertz CT molecular complexity index is 425. The van der Waals surface area contributed by atoms with Gasteiger partial charge in [0.1, 0.15) is 5.76 Å². The van der Waals surface area contributed by atoms with Crippen molar-refractivity contribution in [1.82, 2.24) is 10.5 Å². The number of rotatable bonds is 4. The summed E-state index contributed by atoms with van der Waals surface area (Å²) in [6.45, 7) is 4.07. The maximum absolute atomic E-state index is 5.70. The average molecular weight is 260 g/mol. The van der Waals surface area contributed by atoms with Gasteiger partial charge in [0.2, 0.25) is 0 Å². The van der Waals surface area contributed by atoms with Crippen LogP contribution in [-0.2, 0) is 6.54 Å². The molecule has 4 saturated carbocycles. The van der Waals surface area contributed by atoms with Gasteiger partial charge in [-0.3, -0.25) is 0 Å². The van der Waals surface area contributed by atoms with Crippen molar-refractivity contribution in [1.29, 1.82) is 0 Å². The third-order valence-corrected chi connectivity index (χ3v) is 5.77. The van der Waals surface area contributed by atoms with Crippen molar-refractivity contribution in [3.63, 3.8) is 0 Å². The third-order valence-electron chi connectivity index (χ3n) is 5.77. The van der Waals surface area contributed by atoms with E-state index in [1.165, 1.54) is 43.4 Å². The first-order chi connectivity index (χ1) is 9.35. The molecule has 0 radical (unpaired) electrons. The Morgan fingerprint density at radius 3 is 2.47 bits per heavy atom. The molecular weight excluding hydrogens is 236 g/mol. The number of nitrogens with zero attached hydrogens (tertiary/aromatic N) is 1. The van der Waals surface area contributed by atoms with Gasteiger partial charge in [0.05, 0.1) is 6.20 Å². The number of hydrogen-bond donors (Lipinski definition) is 1. The van der Waals surface area contributed by atoms with Crippen LogP contribution >= 0.6 is 0 Å². The summed E-state index contributed by atoms with van der Waals surface area (Å²) in [6.07, 6.45) is 9.22. The maximum atomic E-state index is 5.70. The standard InChI is InChI=1S/C16H24N2O/c1-2-17-8-14-9-18-19-16(14)15-12-4-10-3-11(6-12)7-13(15)5-10/h9-13,15,17H,2-8H2,1H3. The van der Waals surface area contributed by atoms with E-state index in [9.17, 15) is 0 Å². The number of aromatic nitrogens is 1. The smallest absolute Gasteiger partial charge is 0.144 e. The Morgan fingerprint density at radius 1 is 1.16 bits per heavy atom. The molecule has 3 nitrogen and oxygen atoms in total. The molecule has 0 aromatic carbocycles. The van der Waals surface area contributed by atoms with E-state index in [1.807, 2.05) is 6.20 Å². The molecule has 1 aromatic rings. The van der Waals surface area contributed by atoms with E-state index >= 15 is 0 Å². The van der Waals surface area contributed by atoms with Crippen LogP contribution in [0.5, 0.6) is 0 Å². The zero-order chi connectivity index (χ0) is 12.8. The minimum Gasteiger partial charge on any atom is -0.361 e. The van der Waals surface area contributed by atoms with E-state index in [1.54, 1.807) is 0 Å². The van der Waals surface area contributed by atoms with Crippen LogP contribution in [0, 0.1) is 23.7 Å². The molecule has 5 rings (SSSR count). The van der Waals surface area contributed by atoms with Crippen molar-refractivity contribution in [3.05, 3.63) is 17.5 Å². The van der Waals surface area contributed by atoms with E-state index in [2.05, 4.69) is 17.4 Å². The molecule has 0 atom stereocenters. The lowest BCUT2D eigenvalue weighted by molar-refractivity contribution is -0.0117. The number of nitrogens with one attached hydrogen (secondary N) is 1. The summed E-state index contributed by atoms with van der Waals surface area (Å²) >= 11 is 0. The molecule has 1 aromatic heterocycles. The molecular formula is C16H24N2O. The summed E-state index contributed by atoms with van der Waals surface area (Å²) in [5.74, 6) is 5.70. The van der Waals surface area contributed by atoms with Gasteiger partial charge in [-0.05, 0) is 62.3 Å². The number of hydrogen-bond acceptors (Lipinski definition) is 3. The molecule has 0 unspecified atom stereocenters. The fourth-order valence-corrected chi connectivity index (χ4v) is 5.29. The van der Waals surface area contributed by atoms with E-state index in [-0.39, 0.29) is 0 Å². The lowest BCUT2D eigenvalue weighted by Crippen LogP contribution is -2.44. The predicted octanol–water partition coefficient (Wildman–Crippen LogP) is 3.32. The highest BCUT2D eigenvalue weighted by Crippen LogP contribution is 2.60. The zero-order valence-corrected chi connectivity index (χ0v) is 11.8. The monoisotopic (exact) mass is 260 g/mol.